The summed E-state index contributed by atoms with van der Waals surface area (Å²) in [4.78, 5) is 10.3. The number of rotatable bonds is 2. The molecule has 2 atom stereocenters. The third-order valence-electron chi connectivity index (χ3n) is 2.46. The van der Waals surface area contributed by atoms with Gasteiger partial charge in [-0.2, -0.15) is 0 Å². The molecule has 0 unspecified atom stereocenters. The molecule has 1 aliphatic rings. The number of hydrogen-bond donors (Lipinski definition) is 1. The van der Waals surface area contributed by atoms with Crippen LogP contribution in [-0.4, -0.2) is 11.1 Å². The van der Waals surface area contributed by atoms with Gasteiger partial charge >= 0.3 is 5.97 Å². The lowest BCUT2D eigenvalue weighted by molar-refractivity contribution is -0.139. The van der Waals surface area contributed by atoms with E-state index in [1.807, 2.05) is 13.8 Å². The van der Waals surface area contributed by atoms with Gasteiger partial charge < -0.3 is 5.11 Å². The van der Waals surface area contributed by atoms with E-state index >= 15 is 0 Å². The van der Waals surface area contributed by atoms with E-state index in [0.29, 0.717) is 0 Å². The highest BCUT2D eigenvalue weighted by Crippen LogP contribution is 2.54. The largest absolute Gasteiger partial charge is 0.481 e. The Bertz CT molecular complexity index is 142. The van der Waals surface area contributed by atoms with Crippen LogP contribution in [0.3, 0.4) is 0 Å². The van der Waals surface area contributed by atoms with Gasteiger partial charge in [0, 0.05) is 0 Å². The molecule has 1 rings (SSSR count). The zero-order chi connectivity index (χ0) is 7.07. The Morgan fingerprint density at radius 1 is 1.89 bits per heavy atom. The highest BCUT2D eigenvalue weighted by Gasteiger charge is 2.53. The van der Waals surface area contributed by atoms with Crippen LogP contribution in [-0.2, 0) is 4.79 Å². The van der Waals surface area contributed by atoms with Crippen LogP contribution in [0.5, 0.6) is 0 Å². The van der Waals surface area contributed by atoms with Crippen molar-refractivity contribution in [3.8, 4) is 0 Å². The van der Waals surface area contributed by atoms with E-state index in [-0.39, 0.29) is 11.3 Å². The number of carbonyl (C=O) groups is 1. The van der Waals surface area contributed by atoms with E-state index in [4.69, 9.17) is 5.11 Å². The SMILES string of the molecule is CC[C@]1(C)C[C@@H]1C(=O)O. The average molecular weight is 128 g/mol. The van der Waals surface area contributed by atoms with E-state index in [2.05, 4.69) is 0 Å². The zero-order valence-electron chi connectivity index (χ0n) is 5.85. The minimum Gasteiger partial charge on any atom is -0.481 e. The summed E-state index contributed by atoms with van der Waals surface area (Å²) >= 11 is 0. The molecule has 0 radical (unpaired) electrons. The minimum atomic E-state index is -0.626. The second-order valence-electron chi connectivity index (χ2n) is 3.10. The Balaban J connectivity index is 2.48. The second-order valence-corrected chi connectivity index (χ2v) is 3.10. The van der Waals surface area contributed by atoms with Gasteiger partial charge in [-0.15, -0.1) is 0 Å². The molecule has 2 heteroatoms. The molecule has 0 aromatic rings. The van der Waals surface area contributed by atoms with Crippen molar-refractivity contribution in [2.75, 3.05) is 0 Å². The van der Waals surface area contributed by atoms with Crippen LogP contribution in [0.4, 0.5) is 0 Å². The molecule has 2 nitrogen and oxygen atoms in total. The van der Waals surface area contributed by atoms with Gasteiger partial charge in [-0.1, -0.05) is 13.8 Å². The average Bonchev–Trinajstić information content (AvgIpc) is 2.44. The fourth-order valence-corrected chi connectivity index (χ4v) is 1.18. The van der Waals surface area contributed by atoms with Crippen molar-refractivity contribution < 1.29 is 9.90 Å². The Morgan fingerprint density at radius 2 is 2.44 bits per heavy atom. The summed E-state index contributed by atoms with van der Waals surface area (Å²) in [5.74, 6) is -0.679. The van der Waals surface area contributed by atoms with Crippen molar-refractivity contribution in [3.05, 3.63) is 0 Å². The molecule has 0 bridgehead atoms. The summed E-state index contributed by atoms with van der Waals surface area (Å²) in [6.07, 6.45) is 1.86. The molecule has 0 aliphatic heterocycles. The van der Waals surface area contributed by atoms with Crippen molar-refractivity contribution in [3.63, 3.8) is 0 Å². The highest BCUT2D eigenvalue weighted by atomic mass is 16.4. The molecule has 9 heavy (non-hydrogen) atoms. The molecule has 0 saturated heterocycles. The maximum atomic E-state index is 10.3. The molecule has 0 heterocycles. The molecule has 1 N–H and O–H groups in total. The van der Waals surface area contributed by atoms with Gasteiger partial charge in [0.05, 0.1) is 5.92 Å². The fourth-order valence-electron chi connectivity index (χ4n) is 1.18. The molecule has 1 aliphatic carbocycles. The van der Waals surface area contributed by atoms with Gasteiger partial charge in [0.15, 0.2) is 0 Å². The predicted octanol–water partition coefficient (Wildman–Crippen LogP) is 1.51. The third kappa shape index (κ3) is 0.934. The molecule has 0 aromatic heterocycles. The van der Waals surface area contributed by atoms with E-state index < -0.39 is 5.97 Å². The number of aliphatic carboxylic acids is 1. The normalized spacial score (nSPS) is 40.4. The fraction of sp³-hybridized carbons (Fsp3) is 0.857. The lowest BCUT2D eigenvalue weighted by atomic mass is 10.0. The maximum absolute atomic E-state index is 10.3. The summed E-state index contributed by atoms with van der Waals surface area (Å²) in [5, 5.41) is 8.52. The maximum Gasteiger partial charge on any atom is 0.307 e. The predicted molar refractivity (Wildman–Crippen MR) is 34.1 cm³/mol. The minimum absolute atomic E-state index is 0.0532. The molecule has 1 saturated carbocycles. The smallest absolute Gasteiger partial charge is 0.307 e. The van der Waals surface area contributed by atoms with E-state index in [1.54, 1.807) is 0 Å². The Kier molecular flexibility index (Phi) is 1.26. The molecule has 0 amide bonds. The van der Waals surface area contributed by atoms with Crippen LogP contribution in [0.15, 0.2) is 0 Å². The summed E-state index contributed by atoms with van der Waals surface area (Å²) < 4.78 is 0. The van der Waals surface area contributed by atoms with E-state index in [1.165, 1.54) is 0 Å². The van der Waals surface area contributed by atoms with Crippen LogP contribution in [0.2, 0.25) is 0 Å². The van der Waals surface area contributed by atoms with Crippen LogP contribution in [0.25, 0.3) is 0 Å². The van der Waals surface area contributed by atoms with Gasteiger partial charge in [0.2, 0.25) is 0 Å². The zero-order valence-corrected chi connectivity index (χ0v) is 5.85. The standard InChI is InChI=1S/C7H12O2/c1-3-7(2)4-5(7)6(8)9/h5H,3-4H2,1-2H3,(H,8,9)/t5-,7-/m1/s1. The molecule has 52 valence electrons. The second kappa shape index (κ2) is 1.72. The van der Waals surface area contributed by atoms with Crippen molar-refractivity contribution in [2.45, 2.75) is 26.7 Å². The monoisotopic (exact) mass is 128 g/mol. The lowest BCUT2D eigenvalue weighted by Crippen LogP contribution is -2.05. The molecule has 0 spiro atoms. The van der Waals surface area contributed by atoms with Crippen LogP contribution in [0.1, 0.15) is 26.7 Å². The first-order chi connectivity index (χ1) is 4.10. The van der Waals surface area contributed by atoms with Crippen molar-refractivity contribution in [1.29, 1.82) is 0 Å². The summed E-state index contributed by atoms with van der Waals surface area (Å²) in [6.45, 7) is 4.08. The van der Waals surface area contributed by atoms with Gasteiger partial charge in [-0.25, -0.2) is 0 Å². The van der Waals surface area contributed by atoms with Gasteiger partial charge in [-0.3, -0.25) is 4.79 Å². The number of carboxylic acids is 1. The number of carboxylic acid groups (broad SMARTS) is 1. The van der Waals surface area contributed by atoms with Crippen LogP contribution < -0.4 is 0 Å². The summed E-state index contributed by atoms with van der Waals surface area (Å²) in [5.41, 5.74) is 0.131. The quantitative estimate of drug-likeness (QED) is 0.612. The van der Waals surface area contributed by atoms with Gasteiger partial charge in [0.25, 0.3) is 0 Å². The highest BCUT2D eigenvalue weighted by molar-refractivity contribution is 5.74. The molecule has 0 aromatic carbocycles. The lowest BCUT2D eigenvalue weighted by Gasteiger charge is -2.01. The van der Waals surface area contributed by atoms with Crippen molar-refractivity contribution >= 4 is 5.97 Å². The first-order valence-corrected chi connectivity index (χ1v) is 3.33. The van der Waals surface area contributed by atoms with Crippen molar-refractivity contribution in [2.24, 2.45) is 11.3 Å². The van der Waals surface area contributed by atoms with E-state index in [0.717, 1.165) is 12.8 Å². The molecular weight excluding hydrogens is 116 g/mol. The van der Waals surface area contributed by atoms with Crippen molar-refractivity contribution in [1.82, 2.24) is 0 Å². The molecule has 1 fully saturated rings. The van der Waals surface area contributed by atoms with E-state index in [9.17, 15) is 4.79 Å². The first kappa shape index (κ1) is 6.59. The third-order valence-corrected chi connectivity index (χ3v) is 2.46. The molecular formula is C7H12O2. The Morgan fingerprint density at radius 3 is 2.56 bits per heavy atom. The number of hydrogen-bond acceptors (Lipinski definition) is 1. The summed E-state index contributed by atoms with van der Waals surface area (Å²) in [6, 6.07) is 0. The summed E-state index contributed by atoms with van der Waals surface area (Å²) in [7, 11) is 0. The first-order valence-electron chi connectivity index (χ1n) is 3.33. The van der Waals surface area contributed by atoms with Gasteiger partial charge in [0.1, 0.15) is 0 Å². The van der Waals surface area contributed by atoms with Gasteiger partial charge in [-0.05, 0) is 18.3 Å². The van der Waals surface area contributed by atoms with Crippen LogP contribution >= 0.6 is 0 Å². The topological polar surface area (TPSA) is 37.3 Å². The Hall–Kier alpha value is -0.530. The Labute approximate surface area is 54.9 Å². The van der Waals surface area contributed by atoms with Crippen LogP contribution in [0, 0.1) is 11.3 Å².